The molecular weight excluding hydrogens is 314 g/mol. The van der Waals surface area contributed by atoms with E-state index >= 15 is 0 Å². The van der Waals surface area contributed by atoms with Crippen molar-refractivity contribution in [3.8, 4) is 6.07 Å². The number of hydrogen-bond acceptors (Lipinski definition) is 4. The molecule has 5 heteroatoms. The first kappa shape index (κ1) is 18.0. The predicted molar refractivity (Wildman–Crippen MR) is 98.2 cm³/mol. The van der Waals surface area contributed by atoms with Crippen molar-refractivity contribution in [3.05, 3.63) is 71.4 Å². The molecule has 0 saturated carbocycles. The molecule has 0 heterocycles. The number of nitrogens with one attached hydrogen (secondary N) is 2. The zero-order valence-corrected chi connectivity index (χ0v) is 14.2. The minimum Gasteiger partial charge on any atom is -0.360 e. The van der Waals surface area contributed by atoms with Gasteiger partial charge in [0.1, 0.15) is 11.6 Å². The zero-order valence-electron chi connectivity index (χ0n) is 14.2. The van der Waals surface area contributed by atoms with Gasteiger partial charge in [-0.15, -0.1) is 0 Å². The molecule has 1 amide bonds. The molecule has 2 aromatic rings. The van der Waals surface area contributed by atoms with Crippen molar-refractivity contribution < 1.29 is 9.59 Å². The predicted octanol–water partition coefficient (Wildman–Crippen LogP) is 3.91. The van der Waals surface area contributed by atoms with Gasteiger partial charge in [-0.3, -0.25) is 9.59 Å². The molecule has 5 nitrogen and oxygen atoms in total. The van der Waals surface area contributed by atoms with Crippen molar-refractivity contribution in [2.45, 2.75) is 20.3 Å². The lowest BCUT2D eigenvalue weighted by molar-refractivity contribution is -0.112. The van der Waals surface area contributed by atoms with Crippen molar-refractivity contribution in [2.24, 2.45) is 0 Å². The molecule has 0 bridgehead atoms. The van der Waals surface area contributed by atoms with Crippen molar-refractivity contribution in [1.29, 1.82) is 5.26 Å². The number of nitrogens with zero attached hydrogens (tertiary/aromatic N) is 1. The van der Waals surface area contributed by atoms with Gasteiger partial charge in [0.05, 0.1) is 0 Å². The lowest BCUT2D eigenvalue weighted by Gasteiger charge is -2.08. The number of carbonyl (C=O) groups is 2. The summed E-state index contributed by atoms with van der Waals surface area (Å²) in [4.78, 5) is 23.5. The summed E-state index contributed by atoms with van der Waals surface area (Å²) in [6, 6.07) is 16.1. The van der Waals surface area contributed by atoms with E-state index in [0.717, 1.165) is 17.7 Å². The Balaban J connectivity index is 2.10. The second-order valence-corrected chi connectivity index (χ2v) is 5.41. The van der Waals surface area contributed by atoms with Crippen LogP contribution in [0.15, 0.2) is 60.3 Å². The summed E-state index contributed by atoms with van der Waals surface area (Å²) in [6.45, 7) is 3.51. The van der Waals surface area contributed by atoms with Crippen LogP contribution in [0.3, 0.4) is 0 Å². The van der Waals surface area contributed by atoms with Crippen LogP contribution in [0, 0.1) is 11.3 Å². The molecule has 2 rings (SSSR count). The lowest BCUT2D eigenvalue weighted by Crippen LogP contribution is -2.14. The third kappa shape index (κ3) is 4.79. The molecule has 2 aromatic carbocycles. The molecule has 126 valence electrons. The molecule has 0 aliphatic heterocycles. The van der Waals surface area contributed by atoms with Gasteiger partial charge in [0.15, 0.2) is 5.78 Å². The topological polar surface area (TPSA) is 82.0 Å². The number of ketones is 1. The van der Waals surface area contributed by atoms with Crippen molar-refractivity contribution in [1.82, 2.24) is 0 Å². The van der Waals surface area contributed by atoms with Gasteiger partial charge in [0.2, 0.25) is 0 Å². The van der Waals surface area contributed by atoms with E-state index in [9.17, 15) is 14.9 Å². The minimum atomic E-state index is -0.514. The first-order valence-corrected chi connectivity index (χ1v) is 7.92. The number of anilines is 2. The van der Waals surface area contributed by atoms with E-state index in [1.165, 1.54) is 13.1 Å². The van der Waals surface area contributed by atoms with Crippen LogP contribution in [0.25, 0.3) is 0 Å². The maximum Gasteiger partial charge on any atom is 0.267 e. The quantitative estimate of drug-likeness (QED) is 0.477. The summed E-state index contributed by atoms with van der Waals surface area (Å²) in [5.74, 6) is -0.561. The van der Waals surface area contributed by atoms with Gasteiger partial charge in [0, 0.05) is 23.1 Å². The largest absolute Gasteiger partial charge is 0.360 e. The summed E-state index contributed by atoms with van der Waals surface area (Å²) in [6.07, 6.45) is 2.24. The van der Waals surface area contributed by atoms with E-state index in [2.05, 4.69) is 10.6 Å². The van der Waals surface area contributed by atoms with E-state index in [0.29, 0.717) is 11.3 Å². The fraction of sp³-hybridized carbons (Fsp3) is 0.150. The number of benzene rings is 2. The highest BCUT2D eigenvalue weighted by Crippen LogP contribution is 2.16. The SMILES string of the molecule is CCc1ccccc1N/C=C(/C#N)C(=O)Nc1ccc(C(C)=O)cc1. The van der Waals surface area contributed by atoms with Crippen LogP contribution in [0.2, 0.25) is 0 Å². The van der Waals surface area contributed by atoms with Crippen LogP contribution in [0.1, 0.15) is 29.8 Å². The molecule has 25 heavy (non-hydrogen) atoms. The van der Waals surface area contributed by atoms with E-state index in [-0.39, 0.29) is 11.4 Å². The minimum absolute atomic E-state index is 0.0402. The molecule has 0 atom stereocenters. The summed E-state index contributed by atoms with van der Waals surface area (Å²) >= 11 is 0. The van der Waals surface area contributed by atoms with Crippen molar-refractivity contribution in [2.75, 3.05) is 10.6 Å². The molecule has 0 spiro atoms. The smallest absolute Gasteiger partial charge is 0.267 e. The molecule has 0 radical (unpaired) electrons. The molecule has 0 saturated heterocycles. The number of nitriles is 1. The van der Waals surface area contributed by atoms with Crippen LogP contribution in [-0.2, 0) is 11.2 Å². The highest BCUT2D eigenvalue weighted by atomic mass is 16.1. The molecule has 2 N–H and O–H groups in total. The first-order chi connectivity index (χ1) is 12.0. The van der Waals surface area contributed by atoms with E-state index in [1.807, 2.05) is 37.3 Å². The molecule has 0 aliphatic carbocycles. The maximum absolute atomic E-state index is 12.2. The van der Waals surface area contributed by atoms with Gasteiger partial charge >= 0.3 is 0 Å². The van der Waals surface area contributed by atoms with Gasteiger partial charge in [-0.05, 0) is 49.2 Å². The average Bonchev–Trinajstić information content (AvgIpc) is 2.63. The Bertz CT molecular complexity index is 846. The highest BCUT2D eigenvalue weighted by Gasteiger charge is 2.10. The lowest BCUT2D eigenvalue weighted by atomic mass is 10.1. The number of carbonyl (C=O) groups excluding carboxylic acids is 2. The third-order valence-corrected chi connectivity index (χ3v) is 3.68. The average molecular weight is 333 g/mol. The highest BCUT2D eigenvalue weighted by molar-refractivity contribution is 6.07. The molecule has 0 unspecified atom stereocenters. The van der Waals surface area contributed by atoms with Crippen molar-refractivity contribution >= 4 is 23.1 Å². The van der Waals surface area contributed by atoms with Gasteiger partial charge in [-0.2, -0.15) is 5.26 Å². The Hall–Kier alpha value is -3.39. The Morgan fingerprint density at radius 1 is 1.12 bits per heavy atom. The summed E-state index contributed by atoms with van der Waals surface area (Å²) in [5, 5.41) is 14.9. The number of Topliss-reactive ketones (excluding diaryl/α,β-unsaturated/α-hetero) is 1. The van der Waals surface area contributed by atoms with Gasteiger partial charge in [0.25, 0.3) is 5.91 Å². The van der Waals surface area contributed by atoms with Crippen molar-refractivity contribution in [3.63, 3.8) is 0 Å². The monoisotopic (exact) mass is 333 g/mol. The Labute approximate surface area is 147 Å². The second kappa shape index (κ2) is 8.46. The fourth-order valence-corrected chi connectivity index (χ4v) is 2.25. The van der Waals surface area contributed by atoms with Crippen LogP contribution in [0.4, 0.5) is 11.4 Å². The molecular formula is C20H19N3O2. The number of aryl methyl sites for hydroxylation is 1. The summed E-state index contributed by atoms with van der Waals surface area (Å²) in [7, 11) is 0. The van der Waals surface area contributed by atoms with Crippen LogP contribution < -0.4 is 10.6 Å². The van der Waals surface area contributed by atoms with E-state index in [4.69, 9.17) is 0 Å². The Kier molecular flexibility index (Phi) is 6.08. The number of rotatable bonds is 6. The normalized spacial score (nSPS) is 10.7. The standard InChI is InChI=1S/C20H19N3O2/c1-3-15-6-4-5-7-19(15)22-13-17(12-21)20(25)23-18-10-8-16(9-11-18)14(2)24/h4-11,13,22H,3H2,1-2H3,(H,23,25)/b17-13-. The molecule has 0 aromatic heterocycles. The zero-order chi connectivity index (χ0) is 18.2. The molecule has 0 fully saturated rings. The van der Waals surface area contributed by atoms with Gasteiger partial charge < -0.3 is 10.6 Å². The number of para-hydroxylation sites is 1. The first-order valence-electron chi connectivity index (χ1n) is 7.92. The summed E-state index contributed by atoms with van der Waals surface area (Å²) in [5.41, 5.74) is 2.99. The number of hydrogen-bond donors (Lipinski definition) is 2. The summed E-state index contributed by atoms with van der Waals surface area (Å²) < 4.78 is 0. The second-order valence-electron chi connectivity index (χ2n) is 5.41. The number of amides is 1. The van der Waals surface area contributed by atoms with E-state index < -0.39 is 5.91 Å². The van der Waals surface area contributed by atoms with Gasteiger partial charge in [-0.1, -0.05) is 25.1 Å². The maximum atomic E-state index is 12.2. The Morgan fingerprint density at radius 2 is 1.80 bits per heavy atom. The fourth-order valence-electron chi connectivity index (χ4n) is 2.25. The molecule has 0 aliphatic rings. The van der Waals surface area contributed by atoms with Crippen LogP contribution >= 0.6 is 0 Å². The van der Waals surface area contributed by atoms with Gasteiger partial charge in [-0.25, -0.2) is 0 Å². The van der Waals surface area contributed by atoms with Crippen LogP contribution in [-0.4, -0.2) is 11.7 Å². The third-order valence-electron chi connectivity index (χ3n) is 3.68. The van der Waals surface area contributed by atoms with Crippen LogP contribution in [0.5, 0.6) is 0 Å². The van der Waals surface area contributed by atoms with E-state index in [1.54, 1.807) is 24.3 Å². The Morgan fingerprint density at radius 3 is 2.40 bits per heavy atom.